The van der Waals surface area contributed by atoms with E-state index in [1.165, 1.54) is 13.2 Å². The topological polar surface area (TPSA) is 49.8 Å². The van der Waals surface area contributed by atoms with Gasteiger partial charge in [0.05, 0.1) is 7.11 Å². The number of nitrogens with zero attached hydrogens (tertiary/aromatic N) is 1. The van der Waals surface area contributed by atoms with Crippen molar-refractivity contribution in [2.24, 2.45) is 0 Å². The molecule has 1 aromatic rings. The van der Waals surface area contributed by atoms with Crippen LogP contribution in [-0.2, 0) is 4.79 Å². The number of piperidine rings is 1. The van der Waals surface area contributed by atoms with E-state index in [0.29, 0.717) is 24.3 Å². The van der Waals surface area contributed by atoms with Crippen LogP contribution >= 0.6 is 0 Å². The molecule has 0 radical (unpaired) electrons. The minimum atomic E-state index is -0.841. The number of carboxylic acids is 1. The second-order valence-corrected chi connectivity index (χ2v) is 5.12. The number of methoxy groups -OCH3 is 1. The number of likely N-dealkylation sites (tertiary alicyclic amines) is 1. The number of rotatable bonds is 4. The number of ether oxygens (including phenoxy) is 1. The van der Waals surface area contributed by atoms with Crippen molar-refractivity contribution in [3.8, 4) is 5.75 Å². The summed E-state index contributed by atoms with van der Waals surface area (Å²) in [5.41, 5.74) is 0.433. The van der Waals surface area contributed by atoms with Gasteiger partial charge in [0.2, 0.25) is 0 Å². The molecule has 110 valence electrons. The molecule has 0 bridgehead atoms. The minimum Gasteiger partial charge on any atom is -0.496 e. The summed E-state index contributed by atoms with van der Waals surface area (Å²) in [7, 11) is 1.50. The molecule has 1 aromatic carbocycles. The number of halogens is 1. The van der Waals surface area contributed by atoms with Gasteiger partial charge in [-0.25, -0.2) is 4.39 Å². The molecule has 0 aromatic heterocycles. The lowest BCUT2D eigenvalue weighted by molar-refractivity contribution is -0.145. The first-order valence-electron chi connectivity index (χ1n) is 6.87. The molecule has 20 heavy (non-hydrogen) atoms. The summed E-state index contributed by atoms with van der Waals surface area (Å²) in [4.78, 5) is 13.2. The van der Waals surface area contributed by atoms with E-state index in [0.717, 1.165) is 12.8 Å². The Labute approximate surface area is 118 Å². The van der Waals surface area contributed by atoms with E-state index < -0.39 is 12.0 Å². The highest BCUT2D eigenvalue weighted by Gasteiger charge is 2.34. The molecule has 0 spiro atoms. The Morgan fingerprint density at radius 1 is 1.50 bits per heavy atom. The Morgan fingerprint density at radius 3 is 2.90 bits per heavy atom. The fourth-order valence-electron chi connectivity index (χ4n) is 2.95. The smallest absolute Gasteiger partial charge is 0.320 e. The zero-order valence-corrected chi connectivity index (χ0v) is 11.8. The van der Waals surface area contributed by atoms with Crippen molar-refractivity contribution >= 4 is 5.97 Å². The Kier molecular flexibility index (Phi) is 4.60. The van der Waals surface area contributed by atoms with Gasteiger partial charge in [-0.1, -0.05) is 12.5 Å². The molecule has 5 heteroatoms. The lowest BCUT2D eigenvalue weighted by Crippen LogP contribution is -2.46. The molecule has 0 aliphatic carbocycles. The van der Waals surface area contributed by atoms with Crippen LogP contribution in [0.2, 0.25) is 0 Å². The molecule has 1 saturated heterocycles. The van der Waals surface area contributed by atoms with Crippen LogP contribution in [0.4, 0.5) is 4.39 Å². The molecule has 1 N–H and O–H groups in total. The second kappa shape index (κ2) is 6.22. The lowest BCUT2D eigenvalue weighted by Gasteiger charge is -2.38. The van der Waals surface area contributed by atoms with Crippen LogP contribution in [-0.4, -0.2) is 35.7 Å². The quantitative estimate of drug-likeness (QED) is 0.922. The number of hydrogen-bond acceptors (Lipinski definition) is 3. The van der Waals surface area contributed by atoms with Crippen molar-refractivity contribution in [1.29, 1.82) is 0 Å². The highest BCUT2D eigenvalue weighted by Crippen LogP contribution is 2.35. The van der Waals surface area contributed by atoms with E-state index in [-0.39, 0.29) is 11.9 Å². The Balaban J connectivity index is 2.34. The molecular formula is C15H20FNO3. The predicted octanol–water partition coefficient (Wildman–Crippen LogP) is 2.83. The SMILES string of the molecule is COc1cccc(F)c1C(C)N1CCCCC1C(=O)O. The standard InChI is InChI=1S/C15H20FNO3/c1-10(14-11(16)6-5-8-13(14)20-2)17-9-4-3-7-12(17)15(18)19/h5-6,8,10,12H,3-4,7,9H2,1-2H3,(H,18,19). The van der Waals surface area contributed by atoms with Crippen LogP contribution in [0, 0.1) is 5.82 Å². The highest BCUT2D eigenvalue weighted by molar-refractivity contribution is 5.73. The van der Waals surface area contributed by atoms with E-state index in [4.69, 9.17) is 4.74 Å². The van der Waals surface area contributed by atoms with Crippen LogP contribution in [0.5, 0.6) is 5.75 Å². The zero-order valence-electron chi connectivity index (χ0n) is 11.8. The van der Waals surface area contributed by atoms with Gasteiger partial charge < -0.3 is 9.84 Å². The molecule has 0 amide bonds. The maximum atomic E-state index is 14.1. The van der Waals surface area contributed by atoms with E-state index in [1.807, 2.05) is 11.8 Å². The van der Waals surface area contributed by atoms with E-state index in [9.17, 15) is 14.3 Å². The van der Waals surface area contributed by atoms with Gasteiger partial charge in [0, 0.05) is 11.6 Å². The molecule has 2 unspecified atom stereocenters. The van der Waals surface area contributed by atoms with Crippen LogP contribution < -0.4 is 4.74 Å². The van der Waals surface area contributed by atoms with Gasteiger partial charge >= 0.3 is 5.97 Å². The fourth-order valence-corrected chi connectivity index (χ4v) is 2.95. The van der Waals surface area contributed by atoms with Gasteiger partial charge in [0.1, 0.15) is 17.6 Å². The molecule has 4 nitrogen and oxygen atoms in total. The van der Waals surface area contributed by atoms with Crippen molar-refractivity contribution in [3.63, 3.8) is 0 Å². The molecule has 1 aliphatic rings. The van der Waals surface area contributed by atoms with Crippen molar-refractivity contribution in [3.05, 3.63) is 29.6 Å². The third kappa shape index (κ3) is 2.77. The summed E-state index contributed by atoms with van der Waals surface area (Å²) in [5, 5.41) is 9.33. The summed E-state index contributed by atoms with van der Waals surface area (Å²) in [6, 6.07) is 3.80. The van der Waals surface area contributed by atoms with E-state index in [2.05, 4.69) is 0 Å². The normalized spacial score (nSPS) is 21.4. The van der Waals surface area contributed by atoms with Crippen molar-refractivity contribution in [2.75, 3.05) is 13.7 Å². The third-order valence-electron chi connectivity index (χ3n) is 3.98. The maximum absolute atomic E-state index is 14.1. The summed E-state index contributed by atoms with van der Waals surface area (Å²) < 4.78 is 19.3. The van der Waals surface area contributed by atoms with Crippen molar-refractivity contribution in [1.82, 2.24) is 4.90 Å². The zero-order chi connectivity index (χ0) is 14.7. The van der Waals surface area contributed by atoms with E-state index >= 15 is 0 Å². The van der Waals surface area contributed by atoms with Gasteiger partial charge in [-0.3, -0.25) is 9.69 Å². The first-order valence-corrected chi connectivity index (χ1v) is 6.87. The number of carboxylic acid groups (broad SMARTS) is 1. The van der Waals surface area contributed by atoms with Gasteiger partial charge in [-0.2, -0.15) is 0 Å². The molecule has 2 rings (SSSR count). The summed E-state index contributed by atoms with van der Waals surface area (Å²) in [5.74, 6) is -0.731. The van der Waals surface area contributed by atoms with Crippen LogP contribution in [0.15, 0.2) is 18.2 Å². The summed E-state index contributed by atoms with van der Waals surface area (Å²) in [6.45, 7) is 2.50. The lowest BCUT2D eigenvalue weighted by atomic mass is 9.96. The minimum absolute atomic E-state index is 0.326. The van der Waals surface area contributed by atoms with Crippen molar-refractivity contribution < 1.29 is 19.0 Å². The van der Waals surface area contributed by atoms with E-state index in [1.54, 1.807) is 12.1 Å². The van der Waals surface area contributed by atoms with Gasteiger partial charge in [-0.05, 0) is 38.4 Å². The van der Waals surface area contributed by atoms with Gasteiger partial charge in [0.25, 0.3) is 0 Å². The summed E-state index contributed by atoms with van der Waals surface area (Å²) in [6.07, 6.45) is 2.44. The summed E-state index contributed by atoms with van der Waals surface area (Å²) >= 11 is 0. The highest BCUT2D eigenvalue weighted by atomic mass is 19.1. The van der Waals surface area contributed by atoms with Crippen LogP contribution in [0.25, 0.3) is 0 Å². The Morgan fingerprint density at radius 2 is 2.25 bits per heavy atom. The maximum Gasteiger partial charge on any atom is 0.320 e. The average Bonchev–Trinajstić information content (AvgIpc) is 2.46. The molecule has 2 atom stereocenters. The first kappa shape index (κ1) is 14.8. The second-order valence-electron chi connectivity index (χ2n) is 5.12. The predicted molar refractivity (Wildman–Crippen MR) is 73.3 cm³/mol. The monoisotopic (exact) mass is 281 g/mol. The fraction of sp³-hybridized carbons (Fsp3) is 0.533. The molecule has 1 heterocycles. The Bertz CT molecular complexity index is 492. The number of hydrogen-bond donors (Lipinski definition) is 1. The van der Waals surface area contributed by atoms with Gasteiger partial charge in [-0.15, -0.1) is 0 Å². The largest absolute Gasteiger partial charge is 0.496 e. The Hall–Kier alpha value is -1.62. The number of aliphatic carboxylic acids is 1. The van der Waals surface area contributed by atoms with Gasteiger partial charge in [0.15, 0.2) is 0 Å². The molecule has 0 saturated carbocycles. The number of benzene rings is 1. The third-order valence-corrected chi connectivity index (χ3v) is 3.98. The molecule has 1 fully saturated rings. The number of carbonyl (C=O) groups is 1. The molecule has 1 aliphatic heterocycles. The van der Waals surface area contributed by atoms with Crippen LogP contribution in [0.1, 0.15) is 37.8 Å². The first-order chi connectivity index (χ1) is 9.56. The van der Waals surface area contributed by atoms with Crippen LogP contribution in [0.3, 0.4) is 0 Å². The average molecular weight is 281 g/mol. The van der Waals surface area contributed by atoms with Crippen molar-refractivity contribution in [2.45, 2.75) is 38.3 Å². The molecular weight excluding hydrogens is 261 g/mol.